The van der Waals surface area contributed by atoms with Crippen LogP contribution < -0.4 is 4.72 Å². The summed E-state index contributed by atoms with van der Waals surface area (Å²) in [5.41, 5.74) is 3.13. The van der Waals surface area contributed by atoms with Crippen LogP contribution in [0.3, 0.4) is 0 Å². The van der Waals surface area contributed by atoms with Gasteiger partial charge >= 0.3 is 0 Å². The Kier molecular flexibility index (Phi) is 5.31. The van der Waals surface area contributed by atoms with E-state index in [0.29, 0.717) is 17.9 Å². The van der Waals surface area contributed by atoms with Gasteiger partial charge in [-0.2, -0.15) is 21.5 Å². The molecule has 1 N–H and O–H groups in total. The highest BCUT2D eigenvalue weighted by Crippen LogP contribution is 2.22. The van der Waals surface area contributed by atoms with Crippen LogP contribution in [0.25, 0.3) is 11.3 Å². The van der Waals surface area contributed by atoms with Gasteiger partial charge in [0.05, 0.1) is 23.6 Å². The monoisotopic (exact) mass is 393 g/mol. The molecular weight excluding hydrogens is 370 g/mol. The molecule has 3 aromatic heterocycles. The number of nitrogens with zero attached hydrogens (tertiary/aromatic N) is 4. The number of hydrogen-bond donors (Lipinski definition) is 1. The summed E-state index contributed by atoms with van der Waals surface area (Å²) < 4.78 is 31.5. The Bertz CT molecular complexity index is 985. The minimum atomic E-state index is -3.61. The minimum absolute atomic E-state index is 0.109. The highest BCUT2D eigenvalue weighted by molar-refractivity contribution is 7.89. The molecule has 0 saturated heterocycles. The summed E-state index contributed by atoms with van der Waals surface area (Å²) in [6.45, 7) is 8.19. The third kappa shape index (κ3) is 3.74. The molecule has 0 saturated carbocycles. The molecule has 26 heavy (non-hydrogen) atoms. The number of aryl methyl sites for hydroxylation is 1. The predicted molar refractivity (Wildman–Crippen MR) is 103 cm³/mol. The summed E-state index contributed by atoms with van der Waals surface area (Å²) in [5.74, 6) is 0. The third-order valence-corrected chi connectivity index (χ3v) is 6.50. The van der Waals surface area contributed by atoms with Gasteiger partial charge in [-0.3, -0.25) is 9.36 Å². The Hall–Kier alpha value is -1.97. The zero-order valence-corrected chi connectivity index (χ0v) is 16.9. The van der Waals surface area contributed by atoms with Crippen LogP contribution in [0.2, 0.25) is 0 Å². The first-order valence-electron chi connectivity index (χ1n) is 8.41. The largest absolute Gasteiger partial charge is 0.271 e. The predicted octanol–water partition coefficient (Wildman–Crippen LogP) is 2.98. The Labute approximate surface area is 157 Å². The van der Waals surface area contributed by atoms with E-state index in [2.05, 4.69) is 14.9 Å². The molecule has 0 aromatic carbocycles. The van der Waals surface area contributed by atoms with E-state index in [1.807, 2.05) is 42.9 Å². The van der Waals surface area contributed by atoms with Gasteiger partial charge in [-0.1, -0.05) is 0 Å². The van der Waals surface area contributed by atoms with Gasteiger partial charge in [0.2, 0.25) is 10.0 Å². The first kappa shape index (κ1) is 18.8. The Morgan fingerprint density at radius 2 is 2.00 bits per heavy atom. The van der Waals surface area contributed by atoms with Crippen LogP contribution in [-0.2, 0) is 16.6 Å². The van der Waals surface area contributed by atoms with E-state index in [1.165, 1.54) is 0 Å². The summed E-state index contributed by atoms with van der Waals surface area (Å²) in [6.07, 6.45) is 1.86. The lowest BCUT2D eigenvalue weighted by Crippen LogP contribution is -2.28. The Balaban J connectivity index is 1.68. The van der Waals surface area contributed by atoms with Gasteiger partial charge in [-0.05, 0) is 45.2 Å². The molecule has 7 nitrogen and oxygen atoms in total. The molecule has 0 radical (unpaired) electrons. The molecule has 0 fully saturated rings. The molecule has 0 bridgehead atoms. The molecule has 0 spiro atoms. The standard InChI is InChI=1S/C17H23N5O2S2/c1-12(2)22-14(4)17(13(3)19-22)26(23,24)18-7-9-21-8-5-16(20-21)15-6-10-25-11-15/h5-6,8,10-12,18H,7,9H2,1-4H3. The maximum atomic E-state index is 12.7. The van der Waals surface area contributed by atoms with E-state index in [9.17, 15) is 8.42 Å². The van der Waals surface area contributed by atoms with Crippen molar-refractivity contribution >= 4 is 21.4 Å². The SMILES string of the molecule is Cc1nn(C(C)C)c(C)c1S(=O)(=O)NCCn1ccc(-c2ccsc2)n1. The summed E-state index contributed by atoms with van der Waals surface area (Å²) in [5, 5.41) is 12.9. The second-order valence-electron chi connectivity index (χ2n) is 6.41. The Morgan fingerprint density at radius 3 is 2.62 bits per heavy atom. The van der Waals surface area contributed by atoms with Gasteiger partial charge in [-0.15, -0.1) is 0 Å². The van der Waals surface area contributed by atoms with Crippen LogP contribution in [0.4, 0.5) is 0 Å². The second-order valence-corrected chi connectivity index (χ2v) is 8.90. The van der Waals surface area contributed by atoms with Gasteiger partial charge in [0, 0.05) is 29.7 Å². The van der Waals surface area contributed by atoms with E-state index in [0.717, 1.165) is 11.3 Å². The van der Waals surface area contributed by atoms with Crippen molar-refractivity contribution in [3.05, 3.63) is 40.5 Å². The van der Waals surface area contributed by atoms with Crippen LogP contribution in [0.15, 0.2) is 34.0 Å². The van der Waals surface area contributed by atoms with Crippen LogP contribution in [-0.4, -0.2) is 34.5 Å². The average Bonchev–Trinajstić information content (AvgIpc) is 3.26. The lowest BCUT2D eigenvalue weighted by atomic mass is 10.2. The van der Waals surface area contributed by atoms with Crippen molar-refractivity contribution in [2.45, 2.75) is 45.2 Å². The van der Waals surface area contributed by atoms with Crippen molar-refractivity contribution < 1.29 is 8.42 Å². The molecular formula is C17H23N5O2S2. The first-order valence-corrected chi connectivity index (χ1v) is 10.8. The van der Waals surface area contributed by atoms with Gasteiger partial charge in [0.15, 0.2) is 0 Å². The molecule has 3 heterocycles. The minimum Gasteiger partial charge on any atom is -0.271 e. The number of sulfonamides is 1. The molecule has 0 unspecified atom stereocenters. The number of thiophene rings is 1. The zero-order chi connectivity index (χ0) is 18.9. The molecule has 140 valence electrons. The highest BCUT2D eigenvalue weighted by atomic mass is 32.2. The van der Waals surface area contributed by atoms with Crippen LogP contribution >= 0.6 is 11.3 Å². The normalized spacial score (nSPS) is 12.2. The fourth-order valence-corrected chi connectivity index (χ4v) is 5.02. The lowest BCUT2D eigenvalue weighted by Gasteiger charge is -2.10. The molecule has 9 heteroatoms. The fourth-order valence-electron chi connectivity index (χ4n) is 2.96. The van der Waals surface area contributed by atoms with Crippen LogP contribution in [0.1, 0.15) is 31.3 Å². The summed E-state index contributed by atoms with van der Waals surface area (Å²) in [7, 11) is -3.61. The molecule has 3 aromatic rings. The van der Waals surface area contributed by atoms with Crippen LogP contribution in [0.5, 0.6) is 0 Å². The smallest absolute Gasteiger partial charge is 0.244 e. The van der Waals surface area contributed by atoms with Crippen LogP contribution in [0, 0.1) is 13.8 Å². The molecule has 0 aliphatic carbocycles. The van der Waals surface area contributed by atoms with E-state index in [4.69, 9.17) is 0 Å². The van der Waals surface area contributed by atoms with Crippen molar-refractivity contribution in [3.63, 3.8) is 0 Å². The van der Waals surface area contributed by atoms with Crippen molar-refractivity contribution in [2.75, 3.05) is 6.54 Å². The zero-order valence-electron chi connectivity index (χ0n) is 15.3. The summed E-state index contributed by atoms with van der Waals surface area (Å²) in [4.78, 5) is 0.269. The Morgan fingerprint density at radius 1 is 1.23 bits per heavy atom. The first-order chi connectivity index (χ1) is 12.3. The number of rotatable bonds is 7. The molecule has 0 atom stereocenters. The number of aromatic nitrogens is 4. The van der Waals surface area contributed by atoms with Gasteiger partial charge in [0.25, 0.3) is 0 Å². The maximum Gasteiger partial charge on any atom is 0.244 e. The maximum absolute atomic E-state index is 12.7. The molecule has 3 rings (SSSR count). The third-order valence-electron chi connectivity index (χ3n) is 4.11. The van der Waals surface area contributed by atoms with Gasteiger partial charge in [-0.25, -0.2) is 13.1 Å². The number of nitrogens with one attached hydrogen (secondary N) is 1. The van der Waals surface area contributed by atoms with Crippen molar-refractivity contribution in [1.29, 1.82) is 0 Å². The highest BCUT2D eigenvalue weighted by Gasteiger charge is 2.25. The molecule has 0 amide bonds. The number of hydrogen-bond acceptors (Lipinski definition) is 5. The van der Waals surface area contributed by atoms with Crippen molar-refractivity contribution in [2.24, 2.45) is 0 Å². The van der Waals surface area contributed by atoms with E-state index < -0.39 is 10.0 Å². The molecule has 0 aliphatic heterocycles. The van der Waals surface area contributed by atoms with E-state index in [1.54, 1.807) is 34.5 Å². The van der Waals surface area contributed by atoms with Gasteiger partial charge in [0.1, 0.15) is 4.90 Å². The van der Waals surface area contributed by atoms with Crippen molar-refractivity contribution in [3.8, 4) is 11.3 Å². The van der Waals surface area contributed by atoms with E-state index in [-0.39, 0.29) is 17.5 Å². The quantitative estimate of drug-likeness (QED) is 0.669. The van der Waals surface area contributed by atoms with E-state index >= 15 is 0 Å². The lowest BCUT2D eigenvalue weighted by molar-refractivity contribution is 0.514. The summed E-state index contributed by atoms with van der Waals surface area (Å²) >= 11 is 1.62. The van der Waals surface area contributed by atoms with Crippen molar-refractivity contribution in [1.82, 2.24) is 24.3 Å². The topological polar surface area (TPSA) is 81.8 Å². The molecule has 0 aliphatic rings. The second kappa shape index (κ2) is 7.34. The fraction of sp³-hybridized carbons (Fsp3) is 0.412. The average molecular weight is 394 g/mol. The summed E-state index contributed by atoms with van der Waals surface area (Å²) in [6, 6.07) is 4.05. The van der Waals surface area contributed by atoms with Gasteiger partial charge < -0.3 is 0 Å².